The van der Waals surface area contributed by atoms with Crippen molar-refractivity contribution in [3.05, 3.63) is 5.92 Å². The first-order valence-electron chi connectivity index (χ1n) is 6.09. The predicted molar refractivity (Wildman–Crippen MR) is 63.7 cm³/mol. The summed E-state index contributed by atoms with van der Waals surface area (Å²) in [4.78, 5) is 11.0. The molecule has 0 saturated carbocycles. The molecule has 2 nitrogen and oxygen atoms in total. The molecule has 0 saturated heterocycles. The monoisotopic (exact) mass is 213 g/mol. The second kappa shape index (κ2) is 8.75. The standard InChI is InChI=1S/C13H25O2/c1-4-5-6-7-8-12(13(14)15)10-9-11(2)3/h12H,4-10H2,1-3H3,(H,14,15). The van der Waals surface area contributed by atoms with E-state index >= 15 is 0 Å². The van der Waals surface area contributed by atoms with Crippen LogP contribution < -0.4 is 0 Å². The molecule has 0 spiro atoms. The van der Waals surface area contributed by atoms with Crippen molar-refractivity contribution in [2.75, 3.05) is 0 Å². The summed E-state index contributed by atoms with van der Waals surface area (Å²) in [6.45, 7) is 6.30. The van der Waals surface area contributed by atoms with Crippen LogP contribution in [0.5, 0.6) is 0 Å². The molecule has 0 aliphatic heterocycles. The lowest BCUT2D eigenvalue weighted by Crippen LogP contribution is -2.14. The summed E-state index contributed by atoms with van der Waals surface area (Å²) in [6, 6.07) is 0. The highest BCUT2D eigenvalue weighted by molar-refractivity contribution is 5.69. The molecule has 0 amide bonds. The Morgan fingerprint density at radius 2 is 1.80 bits per heavy atom. The average Bonchev–Trinajstić information content (AvgIpc) is 2.15. The SMILES string of the molecule is CCCCCCC(CC[C](C)C)C(=O)O. The minimum absolute atomic E-state index is 0.128. The van der Waals surface area contributed by atoms with E-state index in [1.165, 1.54) is 25.2 Å². The molecule has 0 aromatic heterocycles. The fraction of sp³-hybridized carbons (Fsp3) is 0.846. The minimum Gasteiger partial charge on any atom is -0.481 e. The summed E-state index contributed by atoms with van der Waals surface area (Å²) < 4.78 is 0. The summed E-state index contributed by atoms with van der Waals surface area (Å²) in [5, 5.41) is 9.03. The Labute approximate surface area is 94.1 Å². The van der Waals surface area contributed by atoms with Crippen molar-refractivity contribution < 1.29 is 9.90 Å². The lowest BCUT2D eigenvalue weighted by molar-refractivity contribution is -0.142. The van der Waals surface area contributed by atoms with E-state index in [1.807, 2.05) is 0 Å². The molecule has 0 aromatic rings. The van der Waals surface area contributed by atoms with Gasteiger partial charge in [-0.15, -0.1) is 0 Å². The van der Waals surface area contributed by atoms with E-state index in [-0.39, 0.29) is 5.92 Å². The number of unbranched alkanes of at least 4 members (excludes halogenated alkanes) is 3. The van der Waals surface area contributed by atoms with Crippen LogP contribution in [0.1, 0.15) is 65.7 Å². The zero-order valence-electron chi connectivity index (χ0n) is 10.4. The first-order valence-corrected chi connectivity index (χ1v) is 6.09. The van der Waals surface area contributed by atoms with Gasteiger partial charge in [0.1, 0.15) is 0 Å². The number of carboxylic acids is 1. The molecule has 2 heteroatoms. The lowest BCUT2D eigenvalue weighted by atomic mass is 9.93. The number of rotatable bonds is 9. The molecule has 1 atom stereocenters. The maximum absolute atomic E-state index is 11.0. The predicted octanol–water partition coefficient (Wildman–Crippen LogP) is 4.05. The zero-order valence-corrected chi connectivity index (χ0v) is 10.4. The third kappa shape index (κ3) is 8.46. The van der Waals surface area contributed by atoms with E-state index in [0.29, 0.717) is 0 Å². The van der Waals surface area contributed by atoms with Crippen molar-refractivity contribution in [2.45, 2.75) is 65.7 Å². The molecule has 0 bridgehead atoms. The smallest absolute Gasteiger partial charge is 0.306 e. The van der Waals surface area contributed by atoms with Gasteiger partial charge < -0.3 is 5.11 Å². The Hall–Kier alpha value is -0.530. The van der Waals surface area contributed by atoms with Crippen LogP contribution in [-0.4, -0.2) is 11.1 Å². The molecule has 0 heterocycles. The summed E-state index contributed by atoms with van der Waals surface area (Å²) in [7, 11) is 0. The normalized spacial score (nSPS) is 13.1. The number of carbonyl (C=O) groups is 1. The molecule has 15 heavy (non-hydrogen) atoms. The highest BCUT2D eigenvalue weighted by Gasteiger charge is 2.16. The molecule has 1 unspecified atom stereocenters. The van der Waals surface area contributed by atoms with Gasteiger partial charge in [0.05, 0.1) is 5.92 Å². The number of carboxylic acid groups (broad SMARTS) is 1. The van der Waals surface area contributed by atoms with Crippen LogP contribution in [0, 0.1) is 11.8 Å². The second-order valence-corrected chi connectivity index (χ2v) is 4.63. The molecule has 0 fully saturated rings. The van der Waals surface area contributed by atoms with Crippen LogP contribution in [-0.2, 0) is 4.79 Å². The van der Waals surface area contributed by atoms with Gasteiger partial charge >= 0.3 is 5.97 Å². The highest BCUT2D eigenvalue weighted by atomic mass is 16.4. The van der Waals surface area contributed by atoms with E-state index in [1.54, 1.807) is 0 Å². The van der Waals surface area contributed by atoms with E-state index in [0.717, 1.165) is 25.7 Å². The van der Waals surface area contributed by atoms with Crippen LogP contribution >= 0.6 is 0 Å². The van der Waals surface area contributed by atoms with Crippen molar-refractivity contribution in [1.29, 1.82) is 0 Å². The van der Waals surface area contributed by atoms with Gasteiger partial charge in [0.2, 0.25) is 0 Å². The third-order valence-electron chi connectivity index (χ3n) is 2.75. The molecule has 0 rings (SSSR count). The topological polar surface area (TPSA) is 37.3 Å². The summed E-state index contributed by atoms with van der Waals surface area (Å²) in [6.07, 6.45) is 7.28. The van der Waals surface area contributed by atoms with Crippen molar-refractivity contribution in [2.24, 2.45) is 5.92 Å². The van der Waals surface area contributed by atoms with Gasteiger partial charge in [-0.25, -0.2) is 0 Å². The number of aliphatic carboxylic acids is 1. The summed E-state index contributed by atoms with van der Waals surface area (Å²) in [5.41, 5.74) is 0. The van der Waals surface area contributed by atoms with Gasteiger partial charge in [-0.05, 0) is 25.2 Å². The van der Waals surface area contributed by atoms with Crippen molar-refractivity contribution in [1.82, 2.24) is 0 Å². The Morgan fingerprint density at radius 3 is 2.27 bits per heavy atom. The average molecular weight is 213 g/mol. The number of hydrogen-bond acceptors (Lipinski definition) is 1. The maximum Gasteiger partial charge on any atom is 0.306 e. The first-order chi connectivity index (χ1) is 7.07. The molecule has 0 aliphatic carbocycles. The zero-order chi connectivity index (χ0) is 11.7. The third-order valence-corrected chi connectivity index (χ3v) is 2.75. The van der Waals surface area contributed by atoms with E-state index in [2.05, 4.69) is 20.8 Å². The van der Waals surface area contributed by atoms with Crippen LogP contribution in [0.3, 0.4) is 0 Å². The van der Waals surface area contributed by atoms with Gasteiger partial charge in [-0.1, -0.05) is 46.5 Å². The van der Waals surface area contributed by atoms with Gasteiger partial charge in [-0.3, -0.25) is 4.79 Å². The molecule has 89 valence electrons. The molecular weight excluding hydrogens is 188 g/mol. The van der Waals surface area contributed by atoms with Gasteiger partial charge in [0.15, 0.2) is 0 Å². The molecule has 1 N–H and O–H groups in total. The fourth-order valence-corrected chi connectivity index (χ4v) is 1.67. The largest absolute Gasteiger partial charge is 0.481 e. The molecular formula is C13H25O2. The van der Waals surface area contributed by atoms with Crippen molar-refractivity contribution in [3.63, 3.8) is 0 Å². The quantitative estimate of drug-likeness (QED) is 0.587. The van der Waals surface area contributed by atoms with Gasteiger partial charge in [-0.2, -0.15) is 0 Å². The van der Waals surface area contributed by atoms with Crippen molar-refractivity contribution >= 4 is 5.97 Å². The number of hydrogen-bond donors (Lipinski definition) is 1. The van der Waals surface area contributed by atoms with Crippen LogP contribution in [0.2, 0.25) is 0 Å². The molecule has 0 aromatic carbocycles. The van der Waals surface area contributed by atoms with Gasteiger partial charge in [0.25, 0.3) is 0 Å². The summed E-state index contributed by atoms with van der Waals surface area (Å²) >= 11 is 0. The molecule has 0 aliphatic rings. The Morgan fingerprint density at radius 1 is 1.13 bits per heavy atom. The first kappa shape index (κ1) is 14.5. The minimum atomic E-state index is -0.618. The maximum atomic E-state index is 11.0. The van der Waals surface area contributed by atoms with Crippen LogP contribution in [0.25, 0.3) is 0 Å². The Kier molecular flexibility index (Phi) is 8.44. The van der Waals surface area contributed by atoms with Crippen molar-refractivity contribution in [3.8, 4) is 0 Å². The highest BCUT2D eigenvalue weighted by Crippen LogP contribution is 2.19. The Bertz CT molecular complexity index is 164. The van der Waals surface area contributed by atoms with E-state index in [9.17, 15) is 4.79 Å². The second-order valence-electron chi connectivity index (χ2n) is 4.63. The van der Waals surface area contributed by atoms with Crippen LogP contribution in [0.4, 0.5) is 0 Å². The van der Waals surface area contributed by atoms with Gasteiger partial charge in [0, 0.05) is 0 Å². The van der Waals surface area contributed by atoms with E-state index in [4.69, 9.17) is 5.11 Å². The Balaban J connectivity index is 3.69. The van der Waals surface area contributed by atoms with E-state index < -0.39 is 5.97 Å². The summed E-state index contributed by atoms with van der Waals surface area (Å²) in [5.74, 6) is 0.583. The molecule has 1 radical (unpaired) electrons. The lowest BCUT2D eigenvalue weighted by Gasteiger charge is -2.13. The fourth-order valence-electron chi connectivity index (χ4n) is 1.67. The van der Waals surface area contributed by atoms with Crippen LogP contribution in [0.15, 0.2) is 0 Å².